The van der Waals surface area contributed by atoms with Gasteiger partial charge in [-0.15, -0.1) is 11.3 Å². The number of nitrogen functional groups attached to an aromatic ring is 1. The number of nitrogens with zero attached hydrogens (tertiary/aromatic N) is 1. The smallest absolute Gasteiger partial charge is 0.205 e. The molecule has 0 atom stereocenters. The van der Waals surface area contributed by atoms with E-state index in [9.17, 15) is 4.79 Å². The van der Waals surface area contributed by atoms with E-state index in [1.807, 2.05) is 78.9 Å². The highest BCUT2D eigenvalue weighted by Gasteiger charge is 2.22. The molecule has 5 aromatic rings. The molecule has 0 amide bonds. The maximum absolute atomic E-state index is 13.2. The minimum atomic E-state index is -0.0931. The third-order valence-corrected chi connectivity index (χ3v) is 6.52. The van der Waals surface area contributed by atoms with E-state index in [2.05, 4.69) is 0 Å². The summed E-state index contributed by atoms with van der Waals surface area (Å²) in [5.41, 5.74) is 11.4. The number of rotatable bonds is 4. The second-order valence-electron chi connectivity index (χ2n) is 7.15. The van der Waals surface area contributed by atoms with Crippen LogP contribution in [-0.4, -0.2) is 10.8 Å². The highest BCUT2D eigenvalue weighted by molar-refractivity contribution is 7.21. The van der Waals surface area contributed by atoms with Crippen LogP contribution in [0.3, 0.4) is 0 Å². The van der Waals surface area contributed by atoms with E-state index in [0.717, 1.165) is 32.6 Å². The number of ketones is 1. The van der Waals surface area contributed by atoms with Gasteiger partial charge in [0, 0.05) is 21.5 Å². The van der Waals surface area contributed by atoms with Gasteiger partial charge < -0.3 is 5.73 Å². The number of hydrogen-bond donors (Lipinski definition) is 1. The molecule has 5 rings (SSSR count). The van der Waals surface area contributed by atoms with Crippen LogP contribution < -0.4 is 5.73 Å². The molecule has 31 heavy (non-hydrogen) atoms. The van der Waals surface area contributed by atoms with Crippen LogP contribution in [0.15, 0.2) is 91.0 Å². The molecule has 0 aliphatic carbocycles. The summed E-state index contributed by atoms with van der Waals surface area (Å²) in [6.07, 6.45) is 0. The highest BCUT2D eigenvalue weighted by atomic mass is 35.5. The van der Waals surface area contributed by atoms with Gasteiger partial charge in [-0.1, -0.05) is 84.4 Å². The molecule has 0 unspecified atom stereocenters. The van der Waals surface area contributed by atoms with Crippen molar-refractivity contribution in [3.05, 3.63) is 106 Å². The quantitative estimate of drug-likeness (QED) is 0.303. The SMILES string of the molecule is Nc1c(C(=O)c2ccccc2)sc2nc(-c3ccccc3)cc(-c3ccc(Cl)cc3)c12. The first kappa shape index (κ1) is 19.5. The van der Waals surface area contributed by atoms with Crippen molar-refractivity contribution in [2.24, 2.45) is 0 Å². The van der Waals surface area contributed by atoms with Crippen LogP contribution in [0.2, 0.25) is 5.02 Å². The molecule has 2 aromatic heterocycles. The number of benzene rings is 3. The van der Waals surface area contributed by atoms with Crippen LogP contribution in [0.25, 0.3) is 32.6 Å². The first-order valence-corrected chi connectivity index (χ1v) is 11.0. The lowest BCUT2D eigenvalue weighted by Gasteiger charge is -2.09. The molecule has 3 aromatic carbocycles. The van der Waals surface area contributed by atoms with Gasteiger partial charge in [0.25, 0.3) is 0 Å². The predicted molar refractivity (Wildman–Crippen MR) is 130 cm³/mol. The second kappa shape index (κ2) is 7.99. The highest BCUT2D eigenvalue weighted by Crippen LogP contribution is 2.42. The average Bonchev–Trinajstić information content (AvgIpc) is 3.16. The molecule has 0 aliphatic rings. The van der Waals surface area contributed by atoms with Gasteiger partial charge in [-0.2, -0.15) is 0 Å². The third kappa shape index (κ3) is 3.61. The van der Waals surface area contributed by atoms with E-state index in [1.165, 1.54) is 11.3 Å². The lowest BCUT2D eigenvalue weighted by Crippen LogP contribution is -2.01. The number of nitrogens with two attached hydrogens (primary N) is 1. The fourth-order valence-electron chi connectivity index (χ4n) is 3.62. The summed E-state index contributed by atoms with van der Waals surface area (Å²) in [5.74, 6) is -0.0931. The van der Waals surface area contributed by atoms with Crippen molar-refractivity contribution in [2.45, 2.75) is 0 Å². The fourth-order valence-corrected chi connectivity index (χ4v) is 4.83. The molecule has 0 spiro atoms. The molecule has 0 saturated carbocycles. The Kier molecular flexibility index (Phi) is 5.02. The number of thiophene rings is 1. The Bertz CT molecular complexity index is 1390. The largest absolute Gasteiger partial charge is 0.397 e. The van der Waals surface area contributed by atoms with Crippen molar-refractivity contribution in [3.63, 3.8) is 0 Å². The number of fused-ring (bicyclic) bond motifs is 1. The Hall–Kier alpha value is -3.47. The number of halogens is 1. The van der Waals surface area contributed by atoms with Crippen LogP contribution >= 0.6 is 22.9 Å². The van der Waals surface area contributed by atoms with Gasteiger partial charge in [-0.3, -0.25) is 4.79 Å². The number of aromatic nitrogens is 1. The fraction of sp³-hybridized carbons (Fsp3) is 0. The van der Waals surface area contributed by atoms with Gasteiger partial charge in [0.1, 0.15) is 9.71 Å². The zero-order valence-electron chi connectivity index (χ0n) is 16.4. The van der Waals surface area contributed by atoms with Crippen molar-refractivity contribution in [3.8, 4) is 22.4 Å². The van der Waals surface area contributed by atoms with E-state index in [0.29, 0.717) is 21.2 Å². The van der Waals surface area contributed by atoms with Gasteiger partial charge in [-0.05, 0) is 29.3 Å². The molecule has 150 valence electrons. The number of carbonyl (C=O) groups excluding carboxylic acids is 1. The van der Waals surface area contributed by atoms with Crippen LogP contribution in [0.1, 0.15) is 15.2 Å². The van der Waals surface area contributed by atoms with Crippen LogP contribution in [0, 0.1) is 0 Å². The van der Waals surface area contributed by atoms with Crippen LogP contribution in [-0.2, 0) is 0 Å². The first-order valence-electron chi connectivity index (χ1n) is 9.76. The Labute approximate surface area is 188 Å². The van der Waals surface area contributed by atoms with E-state index >= 15 is 0 Å². The molecule has 2 heterocycles. The summed E-state index contributed by atoms with van der Waals surface area (Å²) >= 11 is 7.45. The normalized spacial score (nSPS) is 11.0. The van der Waals surface area contributed by atoms with Gasteiger partial charge in [0.15, 0.2) is 0 Å². The van der Waals surface area contributed by atoms with E-state index in [-0.39, 0.29) is 5.78 Å². The minimum absolute atomic E-state index is 0.0931. The monoisotopic (exact) mass is 440 g/mol. The van der Waals surface area contributed by atoms with E-state index in [1.54, 1.807) is 12.1 Å². The summed E-state index contributed by atoms with van der Waals surface area (Å²) < 4.78 is 0. The molecule has 0 fully saturated rings. The molecule has 0 bridgehead atoms. The minimum Gasteiger partial charge on any atom is -0.397 e. The molecule has 0 radical (unpaired) electrons. The molecular weight excluding hydrogens is 424 g/mol. The van der Waals surface area contributed by atoms with Gasteiger partial charge in [0.05, 0.1) is 11.4 Å². The molecule has 0 saturated heterocycles. The summed E-state index contributed by atoms with van der Waals surface area (Å²) in [6.45, 7) is 0. The average molecular weight is 441 g/mol. The molecule has 3 nitrogen and oxygen atoms in total. The Morgan fingerprint density at radius 3 is 2.16 bits per heavy atom. The zero-order chi connectivity index (χ0) is 21.4. The number of carbonyl (C=O) groups is 1. The van der Waals surface area contributed by atoms with E-state index in [4.69, 9.17) is 22.3 Å². The van der Waals surface area contributed by atoms with Gasteiger partial charge in [0.2, 0.25) is 5.78 Å². The predicted octanol–water partition coefficient (Wildman–Crippen LogP) is 7.10. The van der Waals surface area contributed by atoms with Gasteiger partial charge >= 0.3 is 0 Å². The van der Waals surface area contributed by atoms with Gasteiger partial charge in [-0.25, -0.2) is 4.98 Å². The number of hydrogen-bond acceptors (Lipinski definition) is 4. The molecule has 0 aliphatic heterocycles. The number of anilines is 1. The summed E-state index contributed by atoms with van der Waals surface area (Å²) in [5, 5.41) is 1.46. The van der Waals surface area contributed by atoms with Crippen molar-refractivity contribution < 1.29 is 4.79 Å². The molecule has 2 N–H and O–H groups in total. The lowest BCUT2D eigenvalue weighted by molar-refractivity contribution is 0.104. The Morgan fingerprint density at radius 1 is 0.839 bits per heavy atom. The zero-order valence-corrected chi connectivity index (χ0v) is 18.0. The van der Waals surface area contributed by atoms with Crippen LogP contribution in [0.4, 0.5) is 5.69 Å². The number of pyridine rings is 1. The maximum atomic E-state index is 13.2. The van der Waals surface area contributed by atoms with Crippen molar-refractivity contribution in [1.29, 1.82) is 0 Å². The van der Waals surface area contributed by atoms with Crippen LogP contribution in [0.5, 0.6) is 0 Å². The first-order chi connectivity index (χ1) is 15.1. The molecular formula is C26H17ClN2OS. The lowest BCUT2D eigenvalue weighted by atomic mass is 9.99. The topological polar surface area (TPSA) is 56.0 Å². The summed E-state index contributed by atoms with van der Waals surface area (Å²) in [7, 11) is 0. The summed E-state index contributed by atoms with van der Waals surface area (Å²) in [4.78, 5) is 19.3. The molecule has 5 heteroatoms. The van der Waals surface area contributed by atoms with E-state index < -0.39 is 0 Å². The standard InChI is InChI=1S/C26H17ClN2OS/c27-19-13-11-16(12-14-19)20-15-21(17-7-3-1-4-8-17)29-26-22(20)23(28)25(31-26)24(30)18-9-5-2-6-10-18/h1-15H,28H2. The second-order valence-corrected chi connectivity index (χ2v) is 8.58. The summed E-state index contributed by atoms with van der Waals surface area (Å²) in [6, 6.07) is 28.8. The van der Waals surface area contributed by atoms with Crippen molar-refractivity contribution >= 4 is 44.6 Å². The Balaban J connectivity index is 1.77. The van der Waals surface area contributed by atoms with Crippen molar-refractivity contribution in [1.82, 2.24) is 4.98 Å². The third-order valence-electron chi connectivity index (χ3n) is 5.17. The Morgan fingerprint density at radius 2 is 1.48 bits per heavy atom. The van der Waals surface area contributed by atoms with Crippen molar-refractivity contribution in [2.75, 3.05) is 5.73 Å². The maximum Gasteiger partial charge on any atom is 0.205 e.